The van der Waals surface area contributed by atoms with Gasteiger partial charge in [0.1, 0.15) is 5.75 Å². The molecule has 0 spiro atoms. The van der Waals surface area contributed by atoms with Crippen LogP contribution in [0.2, 0.25) is 0 Å². The van der Waals surface area contributed by atoms with Gasteiger partial charge in [0.25, 0.3) is 10.0 Å². The van der Waals surface area contributed by atoms with Crippen LogP contribution in [0.25, 0.3) is 0 Å². The molecular weight excluding hydrogens is 456 g/mol. The largest absolute Gasteiger partial charge is 0.573 e. The van der Waals surface area contributed by atoms with Gasteiger partial charge in [0.2, 0.25) is 0 Å². The molecule has 0 fully saturated rings. The van der Waals surface area contributed by atoms with E-state index in [-0.39, 0.29) is 10.2 Å². The Morgan fingerprint density at radius 1 is 0.923 bits per heavy atom. The molecule has 0 radical (unpaired) electrons. The Morgan fingerprint density at radius 3 is 2.00 bits per heavy atom. The number of hydrogen-bond acceptors (Lipinski definition) is 3. The van der Waals surface area contributed by atoms with Crippen LogP contribution in [0, 0.1) is 0 Å². The molecule has 142 valence electrons. The number of sulfonamides is 1. The second-order valence-corrected chi connectivity index (χ2v) is 7.35. The van der Waals surface area contributed by atoms with Crippen molar-refractivity contribution in [2.75, 3.05) is 4.72 Å². The molecule has 1 N–H and O–H groups in total. The maximum absolute atomic E-state index is 12.9. The molecule has 0 saturated heterocycles. The summed E-state index contributed by atoms with van der Waals surface area (Å²) in [5.41, 5.74) is -1.46. The number of ether oxygens (including phenoxy) is 1. The Morgan fingerprint density at radius 2 is 1.50 bits per heavy atom. The smallest absolute Gasteiger partial charge is 0.406 e. The maximum atomic E-state index is 12.9. The van der Waals surface area contributed by atoms with Crippen molar-refractivity contribution in [2.45, 2.75) is 17.4 Å². The summed E-state index contributed by atoms with van der Waals surface area (Å²) in [6, 6.07) is 5.89. The highest BCUT2D eigenvalue weighted by Gasteiger charge is 2.33. The third-order valence-corrected chi connectivity index (χ3v) is 4.98. The molecule has 0 aliphatic rings. The van der Waals surface area contributed by atoms with Gasteiger partial charge < -0.3 is 4.74 Å². The van der Waals surface area contributed by atoms with Crippen LogP contribution in [0.5, 0.6) is 5.75 Å². The molecule has 2 aromatic rings. The standard InChI is InChI=1S/C14H8BrF6NO3S/c15-12-6-1-8(7-11(12)13(16,17)18)22-26(23,24)10-4-2-9(3-5-10)25-14(19,20)21/h1-7,22H. The van der Waals surface area contributed by atoms with Crippen LogP contribution in [0.4, 0.5) is 32.0 Å². The monoisotopic (exact) mass is 463 g/mol. The van der Waals surface area contributed by atoms with E-state index in [1.807, 2.05) is 4.72 Å². The van der Waals surface area contributed by atoms with Gasteiger partial charge in [-0.2, -0.15) is 13.2 Å². The van der Waals surface area contributed by atoms with E-state index in [0.29, 0.717) is 6.07 Å². The number of halogens is 7. The normalized spacial score (nSPS) is 12.7. The second-order valence-electron chi connectivity index (χ2n) is 4.82. The summed E-state index contributed by atoms with van der Waals surface area (Å²) < 4.78 is 104. The third-order valence-electron chi connectivity index (χ3n) is 2.89. The Labute approximate surface area is 152 Å². The SMILES string of the molecule is O=S(=O)(Nc1ccc(Br)c(C(F)(F)F)c1)c1ccc(OC(F)(F)F)cc1. The second kappa shape index (κ2) is 6.99. The van der Waals surface area contributed by atoms with Crippen molar-refractivity contribution in [1.82, 2.24) is 0 Å². The van der Waals surface area contributed by atoms with Gasteiger partial charge in [0.05, 0.1) is 10.5 Å². The minimum Gasteiger partial charge on any atom is -0.406 e. The van der Waals surface area contributed by atoms with Gasteiger partial charge in [0.15, 0.2) is 0 Å². The van der Waals surface area contributed by atoms with E-state index in [1.54, 1.807) is 0 Å². The lowest BCUT2D eigenvalue weighted by atomic mass is 10.2. The zero-order valence-corrected chi connectivity index (χ0v) is 14.7. The Kier molecular flexibility index (Phi) is 5.47. The van der Waals surface area contributed by atoms with Crippen molar-refractivity contribution >= 4 is 31.6 Å². The number of nitrogens with one attached hydrogen (secondary N) is 1. The highest BCUT2D eigenvalue weighted by atomic mass is 79.9. The third kappa shape index (κ3) is 5.27. The van der Waals surface area contributed by atoms with E-state index >= 15 is 0 Å². The van der Waals surface area contributed by atoms with Crippen molar-refractivity contribution in [3.63, 3.8) is 0 Å². The van der Waals surface area contributed by atoms with Crippen molar-refractivity contribution in [1.29, 1.82) is 0 Å². The first-order valence-electron chi connectivity index (χ1n) is 6.53. The van der Waals surface area contributed by atoms with Crippen molar-refractivity contribution in [3.05, 3.63) is 52.5 Å². The van der Waals surface area contributed by atoms with Crippen LogP contribution in [-0.4, -0.2) is 14.8 Å². The number of benzene rings is 2. The van der Waals surface area contributed by atoms with Crippen LogP contribution in [0.15, 0.2) is 51.8 Å². The minimum absolute atomic E-state index is 0.276. The molecule has 2 rings (SSSR count). The maximum Gasteiger partial charge on any atom is 0.573 e. The van der Waals surface area contributed by atoms with Gasteiger partial charge in [0, 0.05) is 10.2 Å². The summed E-state index contributed by atoms with van der Waals surface area (Å²) in [6.45, 7) is 0. The number of anilines is 1. The molecule has 26 heavy (non-hydrogen) atoms. The van der Waals surface area contributed by atoms with Gasteiger partial charge in [-0.15, -0.1) is 13.2 Å². The predicted octanol–water partition coefficient (Wildman–Crippen LogP) is 5.17. The molecule has 0 amide bonds. The van der Waals surface area contributed by atoms with E-state index in [0.717, 1.165) is 36.4 Å². The number of rotatable bonds is 4. The lowest BCUT2D eigenvalue weighted by molar-refractivity contribution is -0.274. The van der Waals surface area contributed by atoms with E-state index < -0.39 is 38.8 Å². The summed E-state index contributed by atoms with van der Waals surface area (Å²) in [6.07, 6.45) is -9.65. The average molecular weight is 464 g/mol. The quantitative estimate of drug-likeness (QED) is 0.636. The Bertz CT molecular complexity index is 894. The van der Waals surface area contributed by atoms with Crippen molar-refractivity contribution < 1.29 is 39.5 Å². The molecule has 0 aliphatic carbocycles. The van der Waals surface area contributed by atoms with Crippen LogP contribution < -0.4 is 9.46 Å². The van der Waals surface area contributed by atoms with E-state index in [4.69, 9.17) is 0 Å². The first-order chi connectivity index (χ1) is 11.8. The van der Waals surface area contributed by atoms with E-state index in [1.165, 1.54) is 0 Å². The highest BCUT2D eigenvalue weighted by molar-refractivity contribution is 9.10. The molecular formula is C14H8BrF6NO3S. The Balaban J connectivity index is 2.26. The fourth-order valence-electron chi connectivity index (χ4n) is 1.84. The molecule has 0 aliphatic heterocycles. The van der Waals surface area contributed by atoms with Gasteiger partial charge in [-0.05, 0) is 42.5 Å². The van der Waals surface area contributed by atoms with Crippen molar-refractivity contribution in [3.8, 4) is 5.75 Å². The summed E-state index contributed by atoms with van der Waals surface area (Å²) in [7, 11) is -4.32. The van der Waals surface area contributed by atoms with Crippen LogP contribution in [-0.2, 0) is 16.2 Å². The molecule has 0 heterocycles. The van der Waals surface area contributed by atoms with Crippen LogP contribution in [0.1, 0.15) is 5.56 Å². The van der Waals surface area contributed by atoms with E-state index in [2.05, 4.69) is 20.7 Å². The molecule has 0 bridgehead atoms. The Hall–Kier alpha value is -1.95. The first-order valence-corrected chi connectivity index (χ1v) is 8.81. The molecule has 4 nitrogen and oxygen atoms in total. The first kappa shape index (κ1) is 20.4. The van der Waals surface area contributed by atoms with Gasteiger partial charge >= 0.3 is 12.5 Å². The number of hydrogen-bond donors (Lipinski definition) is 1. The zero-order valence-electron chi connectivity index (χ0n) is 12.3. The lowest BCUT2D eigenvalue weighted by Crippen LogP contribution is -2.17. The highest BCUT2D eigenvalue weighted by Crippen LogP contribution is 2.36. The summed E-state index contributed by atoms with van der Waals surface area (Å²) in [5, 5.41) is 0. The summed E-state index contributed by atoms with van der Waals surface area (Å²) >= 11 is 2.72. The van der Waals surface area contributed by atoms with Gasteiger partial charge in [-0.1, -0.05) is 15.9 Å². The molecule has 0 unspecified atom stereocenters. The fraction of sp³-hybridized carbons (Fsp3) is 0.143. The molecule has 0 aromatic heterocycles. The zero-order chi connectivity index (χ0) is 19.8. The topological polar surface area (TPSA) is 55.4 Å². The summed E-state index contributed by atoms with van der Waals surface area (Å²) in [4.78, 5) is -0.455. The van der Waals surface area contributed by atoms with Gasteiger partial charge in [-0.25, -0.2) is 8.42 Å². The molecule has 2 aromatic carbocycles. The van der Waals surface area contributed by atoms with Crippen LogP contribution >= 0.6 is 15.9 Å². The fourth-order valence-corrected chi connectivity index (χ4v) is 3.36. The molecule has 12 heteroatoms. The summed E-state index contributed by atoms with van der Waals surface area (Å²) in [5.74, 6) is -0.639. The van der Waals surface area contributed by atoms with Gasteiger partial charge in [-0.3, -0.25) is 4.72 Å². The van der Waals surface area contributed by atoms with E-state index in [9.17, 15) is 34.8 Å². The number of alkyl halides is 6. The molecule has 0 saturated carbocycles. The predicted molar refractivity (Wildman–Crippen MR) is 83.1 cm³/mol. The lowest BCUT2D eigenvalue weighted by Gasteiger charge is -2.13. The van der Waals surface area contributed by atoms with Crippen molar-refractivity contribution in [2.24, 2.45) is 0 Å². The minimum atomic E-state index is -4.94. The average Bonchev–Trinajstić information content (AvgIpc) is 2.47. The molecule has 0 atom stereocenters. The van der Waals surface area contributed by atoms with Crippen LogP contribution in [0.3, 0.4) is 0 Å².